The average Bonchev–Trinajstić information content (AvgIpc) is 2.67. The molecule has 0 rings (SSSR count). The van der Waals surface area contributed by atoms with Crippen LogP contribution in [0, 0.1) is 17.8 Å². The molecule has 4 heteroatoms. The lowest BCUT2D eigenvalue weighted by Gasteiger charge is -2.24. The molecule has 0 N–H and O–H groups in total. The maximum absolute atomic E-state index is 14.0. The number of ether oxygens (including phenoxy) is 2. The van der Waals surface area contributed by atoms with Crippen molar-refractivity contribution in [1.82, 2.24) is 0 Å². The molecule has 0 aliphatic heterocycles. The van der Waals surface area contributed by atoms with Gasteiger partial charge in [-0.25, -0.2) is 4.39 Å². The third-order valence-electron chi connectivity index (χ3n) is 4.85. The summed E-state index contributed by atoms with van der Waals surface area (Å²) >= 11 is 0. The van der Waals surface area contributed by atoms with E-state index >= 15 is 0 Å². The van der Waals surface area contributed by atoms with E-state index in [0.717, 1.165) is 12.3 Å². The Kier molecular flexibility index (Phi) is 16.5. The molecular formula is C23H42F2O2. The summed E-state index contributed by atoms with van der Waals surface area (Å²) in [6.07, 6.45) is 4.18. The number of rotatable bonds is 12. The zero-order valence-corrected chi connectivity index (χ0v) is 18.8. The summed E-state index contributed by atoms with van der Waals surface area (Å²) in [4.78, 5) is 0. The first kappa shape index (κ1) is 28.1. The molecule has 160 valence electrons. The molecule has 27 heavy (non-hydrogen) atoms. The molecule has 0 saturated heterocycles. The van der Waals surface area contributed by atoms with Crippen molar-refractivity contribution in [3.8, 4) is 0 Å². The molecule has 0 saturated carbocycles. The molecule has 0 fully saturated rings. The predicted molar refractivity (Wildman–Crippen MR) is 113 cm³/mol. The fourth-order valence-electron chi connectivity index (χ4n) is 2.13. The highest BCUT2D eigenvalue weighted by Gasteiger charge is 2.21. The van der Waals surface area contributed by atoms with Crippen LogP contribution in [0.1, 0.15) is 74.1 Å². The Labute approximate surface area is 166 Å². The highest BCUT2D eigenvalue weighted by atomic mass is 19.2. The van der Waals surface area contributed by atoms with Crippen molar-refractivity contribution in [3.63, 3.8) is 0 Å². The van der Waals surface area contributed by atoms with Crippen LogP contribution in [0.3, 0.4) is 0 Å². The quantitative estimate of drug-likeness (QED) is 0.251. The zero-order chi connectivity index (χ0) is 21.6. The number of halogens is 2. The molecule has 4 atom stereocenters. The number of allylic oxidation sites excluding steroid dienone is 1. The van der Waals surface area contributed by atoms with Crippen LogP contribution in [0.15, 0.2) is 36.1 Å². The number of hydrogen-bond donors (Lipinski definition) is 0. The van der Waals surface area contributed by atoms with Gasteiger partial charge >= 0.3 is 0 Å². The summed E-state index contributed by atoms with van der Waals surface area (Å²) in [5.74, 6) is -0.956. The lowest BCUT2D eigenvalue weighted by molar-refractivity contribution is 0.0489. The van der Waals surface area contributed by atoms with Gasteiger partial charge in [-0.15, -0.1) is 0 Å². The molecule has 0 aliphatic rings. The van der Waals surface area contributed by atoms with E-state index in [1.165, 1.54) is 26.4 Å². The van der Waals surface area contributed by atoms with Gasteiger partial charge in [0.25, 0.3) is 0 Å². The summed E-state index contributed by atoms with van der Waals surface area (Å²) in [6.45, 7) is 22.1. The number of hydrogen-bond acceptors (Lipinski definition) is 2. The van der Waals surface area contributed by atoms with Gasteiger partial charge in [0.15, 0.2) is 11.7 Å². The van der Waals surface area contributed by atoms with Crippen molar-refractivity contribution in [3.05, 3.63) is 36.1 Å². The molecule has 0 aromatic rings. The molecule has 0 aromatic heterocycles. The molecule has 0 bridgehead atoms. The summed E-state index contributed by atoms with van der Waals surface area (Å²) in [5.41, 5.74) is -0.0369. The van der Waals surface area contributed by atoms with E-state index in [4.69, 9.17) is 4.74 Å². The van der Waals surface area contributed by atoms with Gasteiger partial charge in [0.2, 0.25) is 0 Å². The van der Waals surface area contributed by atoms with Crippen molar-refractivity contribution in [2.45, 2.75) is 80.3 Å². The first-order chi connectivity index (χ1) is 12.6. The van der Waals surface area contributed by atoms with Crippen LogP contribution in [0.25, 0.3) is 0 Å². The Hall–Kier alpha value is -1.16. The minimum Gasteiger partial charge on any atom is -0.494 e. The Morgan fingerprint density at radius 3 is 1.85 bits per heavy atom. The van der Waals surface area contributed by atoms with Crippen LogP contribution in [-0.2, 0) is 9.47 Å². The minimum absolute atomic E-state index is 0.0369. The van der Waals surface area contributed by atoms with Gasteiger partial charge < -0.3 is 9.47 Å². The second-order valence-electron chi connectivity index (χ2n) is 7.51. The van der Waals surface area contributed by atoms with Gasteiger partial charge in [-0.2, -0.15) is 4.39 Å². The van der Waals surface area contributed by atoms with Crippen LogP contribution < -0.4 is 0 Å². The molecule has 0 aliphatic carbocycles. The first-order valence-corrected chi connectivity index (χ1v) is 10.2. The molecule has 2 nitrogen and oxygen atoms in total. The topological polar surface area (TPSA) is 18.5 Å². The van der Waals surface area contributed by atoms with Crippen molar-refractivity contribution >= 4 is 0 Å². The fraction of sp³-hybridized carbons (Fsp3) is 0.739. The summed E-state index contributed by atoms with van der Waals surface area (Å²) in [6, 6.07) is 0. The Morgan fingerprint density at radius 2 is 1.41 bits per heavy atom. The zero-order valence-electron chi connectivity index (χ0n) is 18.8. The van der Waals surface area contributed by atoms with Gasteiger partial charge in [0.1, 0.15) is 5.76 Å². The van der Waals surface area contributed by atoms with Crippen molar-refractivity contribution in [2.24, 2.45) is 17.8 Å². The van der Waals surface area contributed by atoms with Crippen molar-refractivity contribution in [2.75, 3.05) is 13.7 Å². The smallest absolute Gasteiger partial charge is 0.200 e. The van der Waals surface area contributed by atoms with Gasteiger partial charge in [0, 0.05) is 5.57 Å². The van der Waals surface area contributed by atoms with Crippen LogP contribution in [0.2, 0.25) is 0 Å². The maximum Gasteiger partial charge on any atom is 0.200 e. The highest BCUT2D eigenvalue weighted by Crippen LogP contribution is 2.27. The molecule has 0 aromatic carbocycles. The Bertz CT molecular complexity index is 457. The monoisotopic (exact) mass is 388 g/mol. The summed E-state index contributed by atoms with van der Waals surface area (Å²) in [7, 11) is 1.24. The predicted octanol–water partition coefficient (Wildman–Crippen LogP) is 7.77. The SMILES string of the molecule is C=C(OC)/C(F)=C(/F)C(=C)C(C)OCC(C)C(C)CCC(C)CC.CCC. The number of methoxy groups -OCH3 is 1. The van der Waals surface area contributed by atoms with Crippen LogP contribution in [-0.4, -0.2) is 19.8 Å². The van der Waals surface area contributed by atoms with Crippen molar-refractivity contribution in [1.29, 1.82) is 0 Å². The van der Waals surface area contributed by atoms with E-state index in [1.54, 1.807) is 6.92 Å². The Morgan fingerprint density at radius 1 is 0.889 bits per heavy atom. The molecule has 0 radical (unpaired) electrons. The second kappa shape index (κ2) is 15.9. The lowest BCUT2D eigenvalue weighted by Crippen LogP contribution is -2.21. The largest absolute Gasteiger partial charge is 0.494 e. The summed E-state index contributed by atoms with van der Waals surface area (Å²) < 4.78 is 38.0. The maximum atomic E-state index is 14.0. The van der Waals surface area contributed by atoms with Crippen LogP contribution in [0.5, 0.6) is 0 Å². The van der Waals surface area contributed by atoms with Crippen LogP contribution >= 0.6 is 0 Å². The van der Waals surface area contributed by atoms with Crippen molar-refractivity contribution < 1.29 is 18.3 Å². The molecular weight excluding hydrogens is 346 g/mol. The normalized spacial score (nSPS) is 16.2. The van der Waals surface area contributed by atoms with E-state index in [9.17, 15) is 8.78 Å². The standard InChI is InChI=1S/C20H34F2O2.C3H8/c1-9-13(2)10-11-14(3)15(4)12-24-17(6)16(5)19(21)20(22)18(7)23-8;1-3-2/h13-15,17H,5,7,9-12H2,1-4,6,8H3;3H2,1-2H3/b20-19-;. The first-order valence-electron chi connectivity index (χ1n) is 10.2. The highest BCUT2D eigenvalue weighted by molar-refractivity contribution is 5.34. The second-order valence-corrected chi connectivity index (χ2v) is 7.51. The Balaban J connectivity index is 0. The molecule has 0 spiro atoms. The third-order valence-corrected chi connectivity index (χ3v) is 4.85. The van der Waals surface area contributed by atoms with Crippen LogP contribution in [0.4, 0.5) is 8.78 Å². The van der Waals surface area contributed by atoms with E-state index in [2.05, 4.69) is 59.4 Å². The molecule has 0 amide bonds. The summed E-state index contributed by atoms with van der Waals surface area (Å²) in [5, 5.41) is 0. The average molecular weight is 389 g/mol. The molecule has 0 heterocycles. The van der Waals surface area contributed by atoms with E-state index in [1.807, 2.05) is 0 Å². The van der Waals surface area contributed by atoms with Gasteiger partial charge in [-0.3, -0.25) is 0 Å². The van der Waals surface area contributed by atoms with Gasteiger partial charge in [-0.05, 0) is 24.7 Å². The minimum atomic E-state index is -1.13. The lowest BCUT2D eigenvalue weighted by atomic mass is 9.88. The third kappa shape index (κ3) is 12.0. The fourth-order valence-corrected chi connectivity index (χ4v) is 2.13. The van der Waals surface area contributed by atoms with Gasteiger partial charge in [0.05, 0.1) is 19.8 Å². The van der Waals surface area contributed by atoms with Gasteiger partial charge in [-0.1, -0.05) is 80.4 Å². The van der Waals surface area contributed by atoms with E-state index in [-0.39, 0.29) is 11.3 Å². The van der Waals surface area contributed by atoms with E-state index < -0.39 is 17.8 Å². The van der Waals surface area contributed by atoms with E-state index in [0.29, 0.717) is 18.4 Å². The molecule has 4 unspecified atom stereocenters.